The Labute approximate surface area is 105 Å². The van der Waals surface area contributed by atoms with Gasteiger partial charge in [0, 0.05) is 19.0 Å². The first kappa shape index (κ1) is 12.7. The summed E-state index contributed by atoms with van der Waals surface area (Å²) < 4.78 is 5.35. The molecule has 1 heterocycles. The Balaban J connectivity index is 1.65. The lowest BCUT2D eigenvalue weighted by Gasteiger charge is -2.26. The summed E-state index contributed by atoms with van der Waals surface area (Å²) in [4.78, 5) is 0. The maximum atomic E-state index is 5.35. The highest BCUT2D eigenvalue weighted by Crippen LogP contribution is 2.36. The molecule has 1 atom stereocenters. The summed E-state index contributed by atoms with van der Waals surface area (Å²) in [5.74, 6) is 1.10. The molecule has 0 amide bonds. The number of hydrogen-bond donors (Lipinski definition) is 1. The van der Waals surface area contributed by atoms with E-state index in [0.717, 1.165) is 18.6 Å². The smallest absolute Gasteiger partial charge is 0.103 e. The van der Waals surface area contributed by atoms with Crippen LogP contribution in [-0.4, -0.2) is 12.6 Å². The largest absolute Gasteiger partial charge is 0.469 e. The van der Waals surface area contributed by atoms with Gasteiger partial charge < -0.3 is 9.73 Å². The first-order valence-electron chi connectivity index (χ1n) is 6.94. The predicted molar refractivity (Wildman–Crippen MR) is 71.1 cm³/mol. The van der Waals surface area contributed by atoms with Crippen LogP contribution in [0.4, 0.5) is 0 Å². The second-order valence-electron chi connectivity index (χ2n) is 5.92. The Morgan fingerprint density at radius 2 is 2.18 bits per heavy atom. The lowest BCUT2D eigenvalue weighted by molar-refractivity contribution is 0.296. The molecule has 1 unspecified atom stereocenters. The van der Waals surface area contributed by atoms with Crippen LogP contribution in [0.5, 0.6) is 0 Å². The van der Waals surface area contributed by atoms with E-state index in [9.17, 15) is 0 Å². The fraction of sp³-hybridized carbons (Fsp3) is 0.733. The van der Waals surface area contributed by atoms with E-state index in [1.54, 1.807) is 6.26 Å². The van der Waals surface area contributed by atoms with E-state index in [-0.39, 0.29) is 0 Å². The SMILES string of the molecule is CC(CCc1ccco1)NCC1(C)CCCC1. The van der Waals surface area contributed by atoms with Crippen LogP contribution in [0.1, 0.15) is 51.7 Å². The Hall–Kier alpha value is -0.760. The second-order valence-corrected chi connectivity index (χ2v) is 5.92. The van der Waals surface area contributed by atoms with Gasteiger partial charge in [0.15, 0.2) is 0 Å². The van der Waals surface area contributed by atoms with Gasteiger partial charge in [0.1, 0.15) is 5.76 Å². The number of rotatable bonds is 6. The number of hydrogen-bond acceptors (Lipinski definition) is 2. The maximum absolute atomic E-state index is 5.35. The Morgan fingerprint density at radius 3 is 2.82 bits per heavy atom. The summed E-state index contributed by atoms with van der Waals surface area (Å²) in [6, 6.07) is 4.61. The fourth-order valence-corrected chi connectivity index (χ4v) is 2.74. The monoisotopic (exact) mass is 235 g/mol. The summed E-state index contributed by atoms with van der Waals surface area (Å²) in [6.45, 7) is 5.87. The van der Waals surface area contributed by atoms with Gasteiger partial charge in [0.05, 0.1) is 6.26 Å². The van der Waals surface area contributed by atoms with Crippen LogP contribution in [0.3, 0.4) is 0 Å². The van der Waals surface area contributed by atoms with Crippen molar-refractivity contribution in [2.75, 3.05) is 6.54 Å². The van der Waals surface area contributed by atoms with E-state index in [4.69, 9.17) is 4.42 Å². The average Bonchev–Trinajstić information content (AvgIpc) is 2.95. The third kappa shape index (κ3) is 3.88. The zero-order chi connectivity index (χ0) is 12.1. The number of nitrogens with one attached hydrogen (secondary N) is 1. The van der Waals surface area contributed by atoms with E-state index >= 15 is 0 Å². The molecular formula is C15H25NO. The van der Waals surface area contributed by atoms with Crippen molar-refractivity contribution in [3.8, 4) is 0 Å². The van der Waals surface area contributed by atoms with E-state index in [1.165, 1.54) is 32.2 Å². The summed E-state index contributed by atoms with van der Waals surface area (Å²) in [5, 5.41) is 3.69. The molecule has 0 aromatic carbocycles. The van der Waals surface area contributed by atoms with Crippen molar-refractivity contribution in [1.82, 2.24) is 5.32 Å². The first-order valence-corrected chi connectivity index (χ1v) is 6.94. The highest BCUT2D eigenvalue weighted by molar-refractivity contribution is 4.98. The Morgan fingerprint density at radius 1 is 1.41 bits per heavy atom. The topological polar surface area (TPSA) is 25.2 Å². The first-order chi connectivity index (χ1) is 8.18. The van der Waals surface area contributed by atoms with Gasteiger partial charge in [-0.1, -0.05) is 19.8 Å². The van der Waals surface area contributed by atoms with Crippen molar-refractivity contribution in [2.45, 2.75) is 58.4 Å². The molecule has 96 valence electrons. The van der Waals surface area contributed by atoms with Gasteiger partial charge in [-0.25, -0.2) is 0 Å². The van der Waals surface area contributed by atoms with Gasteiger partial charge in [0.25, 0.3) is 0 Å². The summed E-state index contributed by atoms with van der Waals surface area (Å²) in [7, 11) is 0. The zero-order valence-electron chi connectivity index (χ0n) is 11.2. The lowest BCUT2D eigenvalue weighted by atomic mass is 9.88. The van der Waals surface area contributed by atoms with Gasteiger partial charge in [0.2, 0.25) is 0 Å². The van der Waals surface area contributed by atoms with Gasteiger partial charge >= 0.3 is 0 Å². The predicted octanol–water partition coefficient (Wildman–Crippen LogP) is 3.77. The number of furan rings is 1. The van der Waals surface area contributed by atoms with Crippen molar-refractivity contribution in [3.63, 3.8) is 0 Å². The molecule has 2 heteroatoms. The van der Waals surface area contributed by atoms with Crippen LogP contribution in [0.15, 0.2) is 22.8 Å². The summed E-state index contributed by atoms with van der Waals surface area (Å²) in [6.07, 6.45) is 9.57. The van der Waals surface area contributed by atoms with Crippen LogP contribution < -0.4 is 5.32 Å². The minimum absolute atomic E-state index is 0.555. The molecule has 17 heavy (non-hydrogen) atoms. The van der Waals surface area contributed by atoms with E-state index in [0.29, 0.717) is 11.5 Å². The molecule has 0 radical (unpaired) electrons. The molecule has 1 aromatic rings. The van der Waals surface area contributed by atoms with Crippen molar-refractivity contribution < 1.29 is 4.42 Å². The minimum Gasteiger partial charge on any atom is -0.469 e. The molecule has 0 spiro atoms. The molecule has 1 saturated carbocycles. The van der Waals surface area contributed by atoms with Gasteiger partial charge in [-0.2, -0.15) is 0 Å². The van der Waals surface area contributed by atoms with Crippen LogP contribution in [0.25, 0.3) is 0 Å². The molecule has 0 bridgehead atoms. The van der Waals surface area contributed by atoms with Gasteiger partial charge in [-0.05, 0) is 43.7 Å². The maximum Gasteiger partial charge on any atom is 0.103 e. The Bertz CT molecular complexity index is 312. The Kier molecular flexibility index (Phi) is 4.27. The normalized spacial score (nSPS) is 20.6. The molecule has 1 N–H and O–H groups in total. The lowest BCUT2D eigenvalue weighted by Crippen LogP contribution is -2.35. The van der Waals surface area contributed by atoms with Crippen LogP contribution in [-0.2, 0) is 6.42 Å². The van der Waals surface area contributed by atoms with E-state index in [1.807, 2.05) is 6.07 Å². The van der Waals surface area contributed by atoms with Crippen molar-refractivity contribution >= 4 is 0 Å². The van der Waals surface area contributed by atoms with Crippen LogP contribution in [0.2, 0.25) is 0 Å². The van der Waals surface area contributed by atoms with Gasteiger partial charge in [-0.15, -0.1) is 0 Å². The van der Waals surface area contributed by atoms with Crippen molar-refractivity contribution in [1.29, 1.82) is 0 Å². The molecule has 2 nitrogen and oxygen atoms in total. The quantitative estimate of drug-likeness (QED) is 0.812. The third-order valence-electron chi connectivity index (χ3n) is 4.09. The molecule has 0 saturated heterocycles. The number of aryl methyl sites for hydroxylation is 1. The fourth-order valence-electron chi connectivity index (χ4n) is 2.74. The van der Waals surface area contributed by atoms with Crippen molar-refractivity contribution in [2.24, 2.45) is 5.41 Å². The zero-order valence-corrected chi connectivity index (χ0v) is 11.2. The molecule has 1 aromatic heterocycles. The third-order valence-corrected chi connectivity index (χ3v) is 4.09. The molecule has 2 rings (SSSR count). The standard InChI is InChI=1S/C15H25NO/c1-13(7-8-14-6-5-11-17-14)16-12-15(2)9-3-4-10-15/h5-6,11,13,16H,3-4,7-10,12H2,1-2H3. The van der Waals surface area contributed by atoms with Crippen LogP contribution in [0, 0.1) is 5.41 Å². The van der Waals surface area contributed by atoms with Gasteiger partial charge in [-0.3, -0.25) is 0 Å². The van der Waals surface area contributed by atoms with E-state index < -0.39 is 0 Å². The highest BCUT2D eigenvalue weighted by Gasteiger charge is 2.28. The molecule has 1 fully saturated rings. The average molecular weight is 235 g/mol. The highest BCUT2D eigenvalue weighted by atomic mass is 16.3. The summed E-state index contributed by atoms with van der Waals surface area (Å²) in [5.41, 5.74) is 0.555. The summed E-state index contributed by atoms with van der Waals surface area (Å²) >= 11 is 0. The van der Waals surface area contributed by atoms with Crippen LogP contribution >= 0.6 is 0 Å². The molecule has 0 aliphatic heterocycles. The molecule has 1 aliphatic rings. The second kappa shape index (κ2) is 5.72. The van der Waals surface area contributed by atoms with Crippen molar-refractivity contribution in [3.05, 3.63) is 24.2 Å². The van der Waals surface area contributed by atoms with E-state index in [2.05, 4.69) is 25.2 Å². The minimum atomic E-state index is 0.555. The molecule has 1 aliphatic carbocycles. The molecular weight excluding hydrogens is 210 g/mol.